The Morgan fingerprint density at radius 3 is 1.34 bits per heavy atom. The highest BCUT2D eigenvalue weighted by Gasteiger charge is 2.29. The molecule has 0 heterocycles. The van der Waals surface area contributed by atoms with Crippen LogP contribution in [0.3, 0.4) is 0 Å². The minimum atomic E-state index is -0.586. The lowest BCUT2D eigenvalue weighted by atomic mass is 9.80. The number of aromatic hydroxyl groups is 4. The summed E-state index contributed by atoms with van der Waals surface area (Å²) in [5, 5.41) is 44.4. The van der Waals surface area contributed by atoms with Crippen LogP contribution < -0.4 is 0 Å². The second-order valence-corrected chi connectivity index (χ2v) is 8.42. The summed E-state index contributed by atoms with van der Waals surface area (Å²) in [6.07, 6.45) is 7.95. The number of rotatable bonds is 11. The lowest BCUT2D eigenvalue weighted by Gasteiger charge is -2.26. The molecule has 4 N–H and O–H groups in total. The predicted molar refractivity (Wildman–Crippen MR) is 143 cm³/mol. The standard InChI is InChI=1S/C31H32O4/c1-5-12-21-18-25(30(34)23(14-7-3)28(21)32)27(20-16-10-9-11-17-20)26-19-22(13-6-2)29(33)24(15-8-4)31(26)35/h5-11,16-19,27,32-35H,1-4,12-15H2. The molecule has 0 aliphatic carbocycles. The SMILES string of the molecule is C=CCc1cc(C(c2ccccc2)c2cc(CC=C)c(O)c(CC=C)c2O)c(O)c(CC=C)c1O. The second kappa shape index (κ2) is 11.3. The van der Waals surface area contributed by atoms with Gasteiger partial charge in [-0.2, -0.15) is 0 Å². The van der Waals surface area contributed by atoms with Gasteiger partial charge in [0.15, 0.2) is 0 Å². The molecule has 3 rings (SSSR count). The molecule has 0 spiro atoms. The molecule has 0 bridgehead atoms. The van der Waals surface area contributed by atoms with E-state index in [0.717, 1.165) is 5.56 Å². The zero-order valence-corrected chi connectivity index (χ0v) is 19.9. The Morgan fingerprint density at radius 1 is 0.571 bits per heavy atom. The quantitative estimate of drug-likeness (QED) is 0.189. The number of hydrogen-bond acceptors (Lipinski definition) is 4. The lowest BCUT2D eigenvalue weighted by Crippen LogP contribution is -2.09. The van der Waals surface area contributed by atoms with Gasteiger partial charge in [0, 0.05) is 28.2 Å². The summed E-state index contributed by atoms with van der Waals surface area (Å²) < 4.78 is 0. The number of phenols is 4. The third kappa shape index (κ3) is 5.02. The molecule has 0 radical (unpaired) electrons. The van der Waals surface area contributed by atoms with Crippen molar-refractivity contribution in [2.75, 3.05) is 0 Å². The Morgan fingerprint density at radius 2 is 0.971 bits per heavy atom. The Bertz CT molecular complexity index is 1180. The summed E-state index contributed by atoms with van der Waals surface area (Å²) in [7, 11) is 0. The van der Waals surface area contributed by atoms with Gasteiger partial charge in [-0.25, -0.2) is 0 Å². The fraction of sp³-hybridized carbons (Fsp3) is 0.161. The minimum Gasteiger partial charge on any atom is -0.507 e. The highest BCUT2D eigenvalue weighted by Crippen LogP contribution is 2.48. The molecule has 0 atom stereocenters. The van der Waals surface area contributed by atoms with E-state index in [1.54, 1.807) is 36.4 Å². The van der Waals surface area contributed by atoms with Gasteiger partial charge in [0.2, 0.25) is 0 Å². The van der Waals surface area contributed by atoms with Crippen molar-refractivity contribution in [1.82, 2.24) is 0 Å². The van der Waals surface area contributed by atoms with E-state index in [1.165, 1.54) is 0 Å². The van der Waals surface area contributed by atoms with Gasteiger partial charge in [-0.15, -0.1) is 26.3 Å². The lowest BCUT2D eigenvalue weighted by molar-refractivity contribution is 0.427. The normalized spacial score (nSPS) is 10.8. The van der Waals surface area contributed by atoms with Crippen molar-refractivity contribution >= 4 is 0 Å². The maximum atomic E-state index is 11.4. The molecule has 0 aromatic heterocycles. The summed E-state index contributed by atoms with van der Waals surface area (Å²) >= 11 is 0. The van der Waals surface area contributed by atoms with E-state index in [9.17, 15) is 20.4 Å². The fourth-order valence-electron chi connectivity index (χ4n) is 4.52. The van der Waals surface area contributed by atoms with Gasteiger partial charge >= 0.3 is 0 Å². The Kier molecular flexibility index (Phi) is 8.21. The third-order valence-electron chi connectivity index (χ3n) is 6.14. The maximum absolute atomic E-state index is 11.4. The summed E-state index contributed by atoms with van der Waals surface area (Å²) in [5.41, 5.74) is 3.84. The topological polar surface area (TPSA) is 80.9 Å². The molecule has 0 aliphatic rings. The van der Waals surface area contributed by atoms with Gasteiger partial charge in [0.1, 0.15) is 23.0 Å². The van der Waals surface area contributed by atoms with Crippen molar-refractivity contribution in [3.05, 3.63) is 132 Å². The van der Waals surface area contributed by atoms with Crippen LogP contribution in [0.25, 0.3) is 0 Å². The monoisotopic (exact) mass is 468 g/mol. The zero-order chi connectivity index (χ0) is 25.5. The molecule has 0 amide bonds. The van der Waals surface area contributed by atoms with Crippen molar-refractivity contribution in [3.63, 3.8) is 0 Å². The highest BCUT2D eigenvalue weighted by atomic mass is 16.3. The summed E-state index contributed by atoms with van der Waals surface area (Å²) in [6.45, 7) is 15.1. The first-order chi connectivity index (χ1) is 16.9. The largest absolute Gasteiger partial charge is 0.507 e. The smallest absolute Gasteiger partial charge is 0.126 e. The first-order valence-corrected chi connectivity index (χ1v) is 11.5. The van der Waals surface area contributed by atoms with Crippen LogP contribution in [0.2, 0.25) is 0 Å². The molecule has 3 aromatic carbocycles. The number of allylic oxidation sites excluding steroid dienone is 4. The van der Waals surface area contributed by atoms with Gasteiger partial charge in [0.05, 0.1) is 0 Å². The van der Waals surface area contributed by atoms with Crippen LogP contribution in [0.15, 0.2) is 93.1 Å². The molecule has 0 aliphatic heterocycles. The van der Waals surface area contributed by atoms with E-state index in [-0.39, 0.29) is 35.8 Å². The Hall–Kier alpha value is -4.18. The van der Waals surface area contributed by atoms with Gasteiger partial charge in [-0.3, -0.25) is 0 Å². The molecule has 180 valence electrons. The summed E-state index contributed by atoms with van der Waals surface area (Å²) in [6, 6.07) is 13.0. The number of benzene rings is 3. The molecule has 4 nitrogen and oxygen atoms in total. The molecule has 4 heteroatoms. The first-order valence-electron chi connectivity index (χ1n) is 11.5. The summed E-state index contributed by atoms with van der Waals surface area (Å²) in [4.78, 5) is 0. The molecule has 0 fully saturated rings. The van der Waals surface area contributed by atoms with Crippen LogP contribution in [-0.2, 0) is 25.7 Å². The first kappa shape index (κ1) is 25.4. The van der Waals surface area contributed by atoms with Crippen LogP contribution in [0.5, 0.6) is 23.0 Å². The predicted octanol–water partition coefficient (Wildman–Crippen LogP) is 6.60. The van der Waals surface area contributed by atoms with E-state index in [1.807, 2.05) is 30.3 Å². The maximum Gasteiger partial charge on any atom is 0.126 e. The van der Waals surface area contributed by atoms with Crippen molar-refractivity contribution < 1.29 is 20.4 Å². The van der Waals surface area contributed by atoms with Gasteiger partial charge < -0.3 is 20.4 Å². The number of hydrogen-bond donors (Lipinski definition) is 4. The van der Waals surface area contributed by atoms with Gasteiger partial charge in [-0.05, 0) is 54.5 Å². The number of phenolic OH excluding ortho intramolecular Hbond substituents is 4. The molecule has 0 saturated heterocycles. The highest BCUT2D eigenvalue weighted by molar-refractivity contribution is 5.64. The molecule has 35 heavy (non-hydrogen) atoms. The van der Waals surface area contributed by atoms with Gasteiger partial charge in [-0.1, -0.05) is 54.6 Å². The molecular weight excluding hydrogens is 436 g/mol. The van der Waals surface area contributed by atoms with E-state index in [2.05, 4.69) is 26.3 Å². The third-order valence-corrected chi connectivity index (χ3v) is 6.14. The van der Waals surface area contributed by atoms with Crippen LogP contribution >= 0.6 is 0 Å². The van der Waals surface area contributed by atoms with E-state index >= 15 is 0 Å². The summed E-state index contributed by atoms with van der Waals surface area (Å²) in [5.74, 6) is -0.698. The Balaban J connectivity index is 2.44. The molecule has 0 unspecified atom stereocenters. The average molecular weight is 469 g/mol. The fourth-order valence-corrected chi connectivity index (χ4v) is 4.52. The zero-order valence-electron chi connectivity index (χ0n) is 19.9. The van der Waals surface area contributed by atoms with Crippen LogP contribution in [0.4, 0.5) is 0 Å². The molecule has 0 saturated carbocycles. The van der Waals surface area contributed by atoms with E-state index < -0.39 is 5.92 Å². The van der Waals surface area contributed by atoms with Crippen LogP contribution in [-0.4, -0.2) is 20.4 Å². The van der Waals surface area contributed by atoms with E-state index in [0.29, 0.717) is 46.2 Å². The van der Waals surface area contributed by atoms with Crippen molar-refractivity contribution in [2.45, 2.75) is 31.6 Å². The molecule has 3 aromatic rings. The average Bonchev–Trinajstić information content (AvgIpc) is 2.86. The second-order valence-electron chi connectivity index (χ2n) is 8.42. The van der Waals surface area contributed by atoms with Crippen molar-refractivity contribution in [2.24, 2.45) is 0 Å². The van der Waals surface area contributed by atoms with Crippen molar-refractivity contribution in [1.29, 1.82) is 0 Å². The van der Waals surface area contributed by atoms with Crippen LogP contribution in [0.1, 0.15) is 44.9 Å². The van der Waals surface area contributed by atoms with Crippen LogP contribution in [0, 0.1) is 0 Å². The van der Waals surface area contributed by atoms with Gasteiger partial charge in [0.25, 0.3) is 0 Å². The van der Waals surface area contributed by atoms with Crippen molar-refractivity contribution in [3.8, 4) is 23.0 Å². The molecular formula is C31H32O4. The Labute approximate surface area is 207 Å². The van der Waals surface area contributed by atoms with E-state index in [4.69, 9.17) is 0 Å². The minimum absolute atomic E-state index is 0.00693.